The van der Waals surface area contributed by atoms with Gasteiger partial charge in [0.15, 0.2) is 11.1 Å². The quantitative estimate of drug-likeness (QED) is 0.443. The molecule has 2 aliphatic carbocycles. The van der Waals surface area contributed by atoms with Crippen molar-refractivity contribution in [3.8, 4) is 5.88 Å². The minimum absolute atomic E-state index is 0.00534. The number of hydrogen-bond acceptors (Lipinski definition) is 7. The number of H-pyrrole nitrogens is 2. The fourth-order valence-electron chi connectivity index (χ4n) is 3.65. The Balaban J connectivity index is 1.40. The van der Waals surface area contributed by atoms with Gasteiger partial charge in [0.25, 0.3) is 5.91 Å². The number of allylic oxidation sites excluding steroid dienone is 1. The van der Waals surface area contributed by atoms with Crippen molar-refractivity contribution in [1.82, 2.24) is 29.9 Å². The van der Waals surface area contributed by atoms with Crippen LogP contribution in [0.2, 0.25) is 0 Å². The van der Waals surface area contributed by atoms with Crippen molar-refractivity contribution in [2.45, 2.75) is 49.4 Å². The van der Waals surface area contributed by atoms with Crippen molar-refractivity contribution >= 4 is 29.4 Å². The van der Waals surface area contributed by atoms with Gasteiger partial charge in [-0.05, 0) is 38.2 Å². The second-order valence-corrected chi connectivity index (χ2v) is 9.62. The lowest BCUT2D eigenvalue weighted by molar-refractivity contribution is -0.116. The molecule has 0 spiro atoms. The first-order valence-electron chi connectivity index (χ1n) is 10.7. The first kappa shape index (κ1) is 19.4. The molecule has 3 aliphatic rings. The van der Waals surface area contributed by atoms with Crippen LogP contribution >= 0.6 is 11.8 Å². The minimum atomic E-state index is -0.492. The number of carbonyl (C=O) groups is 1. The SMILES string of the molecule is O=C(NC1CC1)C1=CCC(c2cc(=NC3CC3)n3ncc(=Cc4[nH]c(=O)[nH]c4O)c3n2)S1. The maximum Gasteiger partial charge on any atom is 0.326 e. The molecule has 3 aromatic heterocycles. The maximum absolute atomic E-state index is 12.4. The number of amides is 1. The monoisotopic (exact) mass is 451 g/mol. The van der Waals surface area contributed by atoms with Crippen LogP contribution in [0.25, 0.3) is 11.7 Å². The van der Waals surface area contributed by atoms with E-state index in [0.29, 0.717) is 29.4 Å². The second-order valence-electron chi connectivity index (χ2n) is 8.38. The van der Waals surface area contributed by atoms with Gasteiger partial charge in [-0.15, -0.1) is 11.8 Å². The molecule has 164 valence electrons. The van der Waals surface area contributed by atoms with Crippen molar-refractivity contribution in [3.05, 3.63) is 55.8 Å². The maximum atomic E-state index is 12.4. The standard InChI is InChI=1S/C21H21N7O3S/c29-19-14(26-21(31)27-19)7-10-9-22-28-17(23-11-1-2-11)8-13(25-18(10)28)15-5-6-16(32-15)20(30)24-12-3-4-12/h6-9,11-12,15,29H,1-5H2,(H,24,30)(H2,26,27,31). The summed E-state index contributed by atoms with van der Waals surface area (Å²) in [4.78, 5) is 39.2. The van der Waals surface area contributed by atoms with Crippen LogP contribution in [0.3, 0.4) is 0 Å². The molecule has 32 heavy (non-hydrogen) atoms. The molecular weight excluding hydrogens is 430 g/mol. The summed E-state index contributed by atoms with van der Waals surface area (Å²) < 4.78 is 1.68. The molecule has 1 amide bonds. The van der Waals surface area contributed by atoms with Gasteiger partial charge in [-0.2, -0.15) is 9.61 Å². The summed E-state index contributed by atoms with van der Waals surface area (Å²) in [6.45, 7) is 0. The van der Waals surface area contributed by atoms with E-state index in [9.17, 15) is 14.7 Å². The zero-order chi connectivity index (χ0) is 21.8. The number of fused-ring (bicyclic) bond motifs is 1. The molecule has 2 fully saturated rings. The van der Waals surface area contributed by atoms with Crippen LogP contribution < -0.4 is 21.7 Å². The molecule has 3 aromatic rings. The lowest BCUT2D eigenvalue weighted by atomic mass is 10.2. The molecule has 1 unspecified atom stereocenters. The zero-order valence-corrected chi connectivity index (χ0v) is 17.9. The number of aromatic hydroxyl groups is 1. The van der Waals surface area contributed by atoms with Gasteiger partial charge in [0.1, 0.15) is 5.69 Å². The third-order valence-corrected chi connectivity index (χ3v) is 6.97. The molecule has 2 saturated carbocycles. The van der Waals surface area contributed by atoms with Gasteiger partial charge in [-0.3, -0.25) is 14.8 Å². The predicted octanol–water partition coefficient (Wildman–Crippen LogP) is 0.403. The summed E-state index contributed by atoms with van der Waals surface area (Å²) in [5.74, 6) is -0.246. The topological polar surface area (TPSA) is 141 Å². The Morgan fingerprint density at radius 3 is 2.88 bits per heavy atom. The lowest BCUT2D eigenvalue weighted by Gasteiger charge is -2.10. The number of aromatic amines is 2. The average molecular weight is 452 g/mol. The number of thioether (sulfide) groups is 1. The van der Waals surface area contributed by atoms with Crippen molar-refractivity contribution in [3.63, 3.8) is 0 Å². The van der Waals surface area contributed by atoms with E-state index in [2.05, 4.69) is 20.4 Å². The fraction of sp³-hybridized carbons (Fsp3) is 0.381. The Labute approximate surface area is 185 Å². The average Bonchev–Trinajstić information content (AvgIpc) is 3.63. The van der Waals surface area contributed by atoms with Gasteiger partial charge in [0, 0.05) is 17.3 Å². The molecular formula is C21H21N7O3S. The third-order valence-electron chi connectivity index (χ3n) is 5.65. The second kappa shape index (κ2) is 7.37. The number of nitrogens with zero attached hydrogens (tertiary/aromatic N) is 4. The molecule has 6 rings (SSSR count). The summed E-state index contributed by atoms with van der Waals surface area (Å²) >= 11 is 1.52. The highest BCUT2D eigenvalue weighted by atomic mass is 32.2. The van der Waals surface area contributed by atoms with E-state index in [0.717, 1.165) is 41.8 Å². The number of aromatic nitrogens is 5. The Bertz CT molecular complexity index is 1440. The number of nitrogens with one attached hydrogen (secondary N) is 3. The summed E-state index contributed by atoms with van der Waals surface area (Å²) in [5, 5.41) is 18.1. The van der Waals surface area contributed by atoms with E-state index in [1.807, 2.05) is 12.1 Å². The number of carbonyl (C=O) groups excluding carboxylic acids is 1. The zero-order valence-electron chi connectivity index (χ0n) is 17.0. The first-order chi connectivity index (χ1) is 15.5. The predicted molar refractivity (Wildman–Crippen MR) is 118 cm³/mol. The summed E-state index contributed by atoms with van der Waals surface area (Å²) in [6, 6.07) is 2.57. The van der Waals surface area contributed by atoms with Crippen LogP contribution in [0.4, 0.5) is 0 Å². The minimum Gasteiger partial charge on any atom is -0.493 e. The van der Waals surface area contributed by atoms with Crippen LogP contribution in [0.1, 0.15) is 48.7 Å². The highest BCUT2D eigenvalue weighted by Crippen LogP contribution is 2.43. The van der Waals surface area contributed by atoms with Crippen LogP contribution in [0.5, 0.6) is 5.88 Å². The van der Waals surface area contributed by atoms with Crippen LogP contribution in [0, 0.1) is 0 Å². The van der Waals surface area contributed by atoms with Crippen LogP contribution in [0.15, 0.2) is 33.0 Å². The molecule has 10 nitrogen and oxygen atoms in total. The highest BCUT2D eigenvalue weighted by molar-refractivity contribution is 8.04. The van der Waals surface area contributed by atoms with Gasteiger partial charge in [0.05, 0.1) is 28.1 Å². The Hall–Kier alpha value is -3.34. The number of rotatable bonds is 5. The Morgan fingerprint density at radius 1 is 1.31 bits per heavy atom. The Kier molecular flexibility index (Phi) is 4.46. The summed E-state index contributed by atoms with van der Waals surface area (Å²) in [7, 11) is 0. The van der Waals surface area contributed by atoms with Crippen molar-refractivity contribution < 1.29 is 9.90 Å². The van der Waals surface area contributed by atoms with Crippen LogP contribution in [-0.4, -0.2) is 47.7 Å². The molecule has 4 N–H and O–H groups in total. The number of imidazole rings is 1. The largest absolute Gasteiger partial charge is 0.493 e. The van der Waals surface area contributed by atoms with E-state index >= 15 is 0 Å². The summed E-state index contributed by atoms with van der Waals surface area (Å²) in [5.41, 5.74) is 1.90. The number of hydrogen-bond donors (Lipinski definition) is 4. The van der Waals surface area contributed by atoms with Gasteiger partial charge in [-0.1, -0.05) is 6.08 Å². The van der Waals surface area contributed by atoms with E-state index in [1.54, 1.807) is 16.8 Å². The van der Waals surface area contributed by atoms with Gasteiger partial charge >= 0.3 is 5.69 Å². The van der Waals surface area contributed by atoms with Gasteiger partial charge < -0.3 is 15.4 Å². The molecule has 0 radical (unpaired) electrons. The lowest BCUT2D eigenvalue weighted by Crippen LogP contribution is -2.25. The molecule has 11 heteroatoms. The molecule has 4 heterocycles. The van der Waals surface area contributed by atoms with Gasteiger partial charge in [-0.25, -0.2) is 9.78 Å². The molecule has 1 aliphatic heterocycles. The first-order valence-corrected chi connectivity index (χ1v) is 11.5. The van der Waals surface area contributed by atoms with E-state index in [-0.39, 0.29) is 22.7 Å². The Morgan fingerprint density at radius 2 is 2.16 bits per heavy atom. The summed E-state index contributed by atoms with van der Waals surface area (Å²) in [6.07, 6.45) is 10.2. The molecule has 0 saturated heterocycles. The van der Waals surface area contributed by atoms with E-state index < -0.39 is 5.69 Å². The third kappa shape index (κ3) is 3.72. The van der Waals surface area contributed by atoms with Crippen molar-refractivity contribution in [2.24, 2.45) is 4.99 Å². The highest BCUT2D eigenvalue weighted by Gasteiger charge is 2.30. The molecule has 0 bridgehead atoms. The van der Waals surface area contributed by atoms with Gasteiger partial charge in [0.2, 0.25) is 5.88 Å². The van der Waals surface area contributed by atoms with E-state index in [1.165, 1.54) is 11.8 Å². The van der Waals surface area contributed by atoms with Crippen LogP contribution in [-0.2, 0) is 4.79 Å². The van der Waals surface area contributed by atoms with Crippen molar-refractivity contribution in [2.75, 3.05) is 0 Å². The fourth-order valence-corrected chi connectivity index (χ4v) is 4.75. The van der Waals surface area contributed by atoms with Crippen molar-refractivity contribution in [1.29, 1.82) is 0 Å². The normalized spacial score (nSPS) is 22.0. The van der Waals surface area contributed by atoms with E-state index in [4.69, 9.17) is 9.98 Å². The molecule has 1 atom stereocenters. The molecule has 0 aromatic carbocycles. The smallest absolute Gasteiger partial charge is 0.326 e.